The van der Waals surface area contributed by atoms with Crippen molar-refractivity contribution in [3.8, 4) is 55.6 Å². The van der Waals surface area contributed by atoms with E-state index < -0.39 is 0 Å². The molecule has 0 aliphatic rings. The van der Waals surface area contributed by atoms with Crippen LogP contribution in [-0.2, 0) is 0 Å². The Labute approximate surface area is 357 Å². The fourth-order valence-corrected chi connectivity index (χ4v) is 8.88. The first-order chi connectivity index (χ1) is 30.2. The van der Waals surface area contributed by atoms with E-state index in [1.54, 1.807) is 0 Å². The maximum atomic E-state index is 2.40. The van der Waals surface area contributed by atoms with E-state index in [9.17, 15) is 0 Å². The summed E-state index contributed by atoms with van der Waals surface area (Å²) in [5, 5.41) is 7.48. The molecule has 0 fully saturated rings. The highest BCUT2D eigenvalue weighted by atomic mass is 15.1. The topological polar surface area (TPSA) is 3.24 Å². The van der Waals surface area contributed by atoms with E-state index in [1.165, 1.54) is 88.0 Å². The maximum absolute atomic E-state index is 2.40. The second-order valence-electron chi connectivity index (χ2n) is 15.8. The molecule has 0 aliphatic carbocycles. The smallest absolute Gasteiger partial charge is 0.0468 e. The monoisotopic (exact) mass is 775 g/mol. The zero-order valence-corrected chi connectivity index (χ0v) is 33.6. The predicted molar refractivity (Wildman–Crippen MR) is 261 cm³/mol. The van der Waals surface area contributed by atoms with Gasteiger partial charge in [0.1, 0.15) is 0 Å². The van der Waals surface area contributed by atoms with Gasteiger partial charge >= 0.3 is 0 Å². The van der Waals surface area contributed by atoms with Crippen LogP contribution in [-0.4, -0.2) is 0 Å². The number of rotatable bonds is 8. The Morgan fingerprint density at radius 2 is 0.639 bits per heavy atom. The molecular weight excluding hydrogens is 735 g/mol. The molecule has 286 valence electrons. The maximum Gasteiger partial charge on any atom is 0.0468 e. The van der Waals surface area contributed by atoms with Gasteiger partial charge in [-0.15, -0.1) is 0 Å². The summed E-state index contributed by atoms with van der Waals surface area (Å²) in [6, 6.07) is 90.5. The average Bonchev–Trinajstić information content (AvgIpc) is 3.34. The van der Waals surface area contributed by atoms with Crippen molar-refractivity contribution in [2.24, 2.45) is 0 Å². The number of hydrogen-bond acceptors (Lipinski definition) is 1. The van der Waals surface area contributed by atoms with Crippen LogP contribution in [0.2, 0.25) is 0 Å². The normalized spacial score (nSPS) is 11.3. The predicted octanol–water partition coefficient (Wildman–Crippen LogP) is 17.0. The second kappa shape index (κ2) is 15.6. The molecule has 0 unspecified atom stereocenters. The SMILES string of the molecule is c1ccc(-c2ccc(N(c3ccc(-c4cccc(-c5ccc(-c6ccc7ccccc7c6)cc5)c4)cc3)c3ccc4ccc5ccccc5c4c3)cc2-c2ccccc2)cc1. The number of benzene rings is 11. The van der Waals surface area contributed by atoms with Gasteiger partial charge in [0.05, 0.1) is 0 Å². The lowest BCUT2D eigenvalue weighted by Gasteiger charge is -2.27. The molecular formula is C60H41N. The minimum atomic E-state index is 1.09. The molecule has 11 rings (SSSR count). The molecule has 0 saturated heterocycles. The van der Waals surface area contributed by atoms with Crippen molar-refractivity contribution >= 4 is 49.4 Å². The Bertz CT molecular complexity index is 3330. The fourth-order valence-electron chi connectivity index (χ4n) is 8.88. The first-order valence-corrected chi connectivity index (χ1v) is 21.0. The lowest BCUT2D eigenvalue weighted by molar-refractivity contribution is 1.29. The van der Waals surface area contributed by atoms with E-state index in [0.29, 0.717) is 0 Å². The molecule has 0 spiro atoms. The molecule has 0 amide bonds. The molecule has 11 aromatic rings. The molecule has 1 heteroatoms. The average molecular weight is 776 g/mol. The number of hydrogen-bond donors (Lipinski definition) is 0. The van der Waals surface area contributed by atoms with E-state index in [2.05, 4.69) is 254 Å². The summed E-state index contributed by atoms with van der Waals surface area (Å²) in [4.78, 5) is 2.40. The van der Waals surface area contributed by atoms with Gasteiger partial charge < -0.3 is 4.90 Å². The van der Waals surface area contributed by atoms with Gasteiger partial charge in [-0.05, 0) is 136 Å². The lowest BCUT2D eigenvalue weighted by Crippen LogP contribution is -2.10. The fraction of sp³-hybridized carbons (Fsp3) is 0. The van der Waals surface area contributed by atoms with E-state index in [0.717, 1.165) is 17.1 Å². The van der Waals surface area contributed by atoms with E-state index in [-0.39, 0.29) is 0 Å². The summed E-state index contributed by atoms with van der Waals surface area (Å²) in [5.41, 5.74) is 15.3. The van der Waals surface area contributed by atoms with Crippen molar-refractivity contribution in [2.45, 2.75) is 0 Å². The highest BCUT2D eigenvalue weighted by Crippen LogP contribution is 2.43. The zero-order chi connectivity index (χ0) is 40.5. The van der Waals surface area contributed by atoms with Crippen LogP contribution in [0.3, 0.4) is 0 Å². The third-order valence-electron chi connectivity index (χ3n) is 12.0. The minimum Gasteiger partial charge on any atom is -0.310 e. The summed E-state index contributed by atoms with van der Waals surface area (Å²) in [6.45, 7) is 0. The molecule has 1 nitrogen and oxygen atoms in total. The van der Waals surface area contributed by atoms with Crippen LogP contribution >= 0.6 is 0 Å². The van der Waals surface area contributed by atoms with Gasteiger partial charge in [0.15, 0.2) is 0 Å². The number of nitrogens with zero attached hydrogens (tertiary/aromatic N) is 1. The van der Waals surface area contributed by atoms with Gasteiger partial charge in [-0.1, -0.05) is 200 Å². The molecule has 0 atom stereocenters. The van der Waals surface area contributed by atoms with Crippen LogP contribution < -0.4 is 4.90 Å². The van der Waals surface area contributed by atoms with Gasteiger partial charge in [-0.2, -0.15) is 0 Å². The van der Waals surface area contributed by atoms with Crippen LogP contribution in [0.4, 0.5) is 17.1 Å². The molecule has 0 N–H and O–H groups in total. The van der Waals surface area contributed by atoms with Crippen LogP contribution in [0.1, 0.15) is 0 Å². The Kier molecular flexibility index (Phi) is 9.26. The quantitative estimate of drug-likeness (QED) is 0.139. The van der Waals surface area contributed by atoms with Crippen LogP contribution in [0, 0.1) is 0 Å². The highest BCUT2D eigenvalue weighted by Gasteiger charge is 2.18. The van der Waals surface area contributed by atoms with E-state index in [1.807, 2.05) is 0 Å². The first kappa shape index (κ1) is 36.1. The largest absolute Gasteiger partial charge is 0.310 e. The molecule has 0 aromatic heterocycles. The molecule has 0 heterocycles. The first-order valence-electron chi connectivity index (χ1n) is 21.0. The van der Waals surface area contributed by atoms with Crippen molar-refractivity contribution in [3.05, 3.63) is 249 Å². The lowest BCUT2D eigenvalue weighted by atomic mass is 9.93. The highest BCUT2D eigenvalue weighted by molar-refractivity contribution is 6.09. The number of anilines is 3. The molecule has 0 bridgehead atoms. The Hall–Kier alpha value is -8.00. The van der Waals surface area contributed by atoms with Crippen molar-refractivity contribution < 1.29 is 0 Å². The molecule has 61 heavy (non-hydrogen) atoms. The van der Waals surface area contributed by atoms with Crippen molar-refractivity contribution in [1.29, 1.82) is 0 Å². The summed E-state index contributed by atoms with van der Waals surface area (Å²) < 4.78 is 0. The summed E-state index contributed by atoms with van der Waals surface area (Å²) in [7, 11) is 0. The molecule has 0 radical (unpaired) electrons. The minimum absolute atomic E-state index is 1.09. The van der Waals surface area contributed by atoms with Crippen molar-refractivity contribution in [1.82, 2.24) is 0 Å². The number of fused-ring (bicyclic) bond motifs is 4. The van der Waals surface area contributed by atoms with E-state index in [4.69, 9.17) is 0 Å². The van der Waals surface area contributed by atoms with Crippen LogP contribution in [0.15, 0.2) is 249 Å². The van der Waals surface area contributed by atoms with Gasteiger partial charge in [-0.3, -0.25) is 0 Å². The zero-order valence-electron chi connectivity index (χ0n) is 33.6. The Balaban J connectivity index is 0.980. The molecule has 0 saturated carbocycles. The molecule has 0 aliphatic heterocycles. The third kappa shape index (κ3) is 7.03. The standard InChI is InChI=1S/C60H41N/c1-3-13-46(14-4-1)58-37-36-56(41-59(58)47-15-5-2-6-16-47)61(55-35-32-49-28-27-48-17-9-10-21-57(48)60(49)40-55)54-33-30-45(31-34-54)52-20-11-19-51(38-52)43-22-24-44(25-23-43)53-29-26-42-12-7-8-18-50(42)39-53/h1-41H. The summed E-state index contributed by atoms with van der Waals surface area (Å²) in [6.07, 6.45) is 0. The van der Waals surface area contributed by atoms with E-state index >= 15 is 0 Å². The van der Waals surface area contributed by atoms with Gasteiger partial charge in [0.25, 0.3) is 0 Å². The summed E-state index contributed by atoms with van der Waals surface area (Å²) in [5.74, 6) is 0. The second-order valence-corrected chi connectivity index (χ2v) is 15.8. The third-order valence-corrected chi connectivity index (χ3v) is 12.0. The van der Waals surface area contributed by atoms with Gasteiger partial charge in [0.2, 0.25) is 0 Å². The Morgan fingerprint density at radius 3 is 1.33 bits per heavy atom. The Morgan fingerprint density at radius 1 is 0.197 bits per heavy atom. The van der Waals surface area contributed by atoms with Gasteiger partial charge in [-0.25, -0.2) is 0 Å². The van der Waals surface area contributed by atoms with Gasteiger partial charge in [0, 0.05) is 17.1 Å². The molecule has 11 aromatic carbocycles. The van der Waals surface area contributed by atoms with Crippen LogP contribution in [0.5, 0.6) is 0 Å². The van der Waals surface area contributed by atoms with Crippen molar-refractivity contribution in [2.75, 3.05) is 4.90 Å². The van der Waals surface area contributed by atoms with Crippen molar-refractivity contribution in [3.63, 3.8) is 0 Å². The van der Waals surface area contributed by atoms with Crippen LogP contribution in [0.25, 0.3) is 88.0 Å². The summed E-state index contributed by atoms with van der Waals surface area (Å²) >= 11 is 0.